The third kappa shape index (κ3) is 5.16. The van der Waals surface area contributed by atoms with Gasteiger partial charge in [-0.1, -0.05) is 12.1 Å². The molecule has 7 nitrogen and oxygen atoms in total. The van der Waals surface area contributed by atoms with Gasteiger partial charge < -0.3 is 18.9 Å². The summed E-state index contributed by atoms with van der Waals surface area (Å²) in [5.41, 5.74) is 0.110. The molecule has 0 bridgehead atoms. The van der Waals surface area contributed by atoms with Crippen molar-refractivity contribution < 1.29 is 41.7 Å². The smallest absolute Gasteiger partial charge is 0.419 e. The van der Waals surface area contributed by atoms with Crippen LogP contribution in [0.3, 0.4) is 0 Å². The molecule has 10 heteroatoms. The summed E-state index contributed by atoms with van der Waals surface area (Å²) in [6.07, 6.45) is -4.87. The molecule has 0 aromatic heterocycles. The van der Waals surface area contributed by atoms with E-state index in [2.05, 4.69) is 0 Å². The molecule has 34 heavy (non-hydrogen) atoms. The fourth-order valence-electron chi connectivity index (χ4n) is 3.89. The Hall–Kier alpha value is -3.56. The Morgan fingerprint density at radius 1 is 1.03 bits per heavy atom. The third-order valence-corrected chi connectivity index (χ3v) is 5.38. The Morgan fingerprint density at radius 2 is 1.68 bits per heavy atom. The van der Waals surface area contributed by atoms with Crippen molar-refractivity contribution in [2.75, 3.05) is 20.3 Å². The van der Waals surface area contributed by atoms with E-state index in [-0.39, 0.29) is 42.6 Å². The highest BCUT2D eigenvalue weighted by molar-refractivity contribution is 6.00. The van der Waals surface area contributed by atoms with Gasteiger partial charge in [0.2, 0.25) is 5.90 Å². The first-order chi connectivity index (χ1) is 16.1. The topological polar surface area (TPSA) is 94.9 Å². The summed E-state index contributed by atoms with van der Waals surface area (Å²) in [5.74, 6) is -3.83. The van der Waals surface area contributed by atoms with Crippen LogP contribution in [0.5, 0.6) is 11.5 Å². The summed E-state index contributed by atoms with van der Waals surface area (Å²) in [7, 11) is 1.16. The summed E-state index contributed by atoms with van der Waals surface area (Å²) in [6, 6.07) is 8.26. The van der Waals surface area contributed by atoms with Crippen molar-refractivity contribution in [3.05, 3.63) is 47.5 Å². The molecule has 2 atom stereocenters. The maximum absolute atomic E-state index is 13.5. The lowest BCUT2D eigenvalue weighted by molar-refractivity contribution is -0.148. The molecule has 0 amide bonds. The minimum absolute atomic E-state index is 0.0632. The Kier molecular flexibility index (Phi) is 7.48. The van der Waals surface area contributed by atoms with E-state index in [1.807, 2.05) is 0 Å². The minimum atomic E-state index is -4.63. The van der Waals surface area contributed by atoms with Gasteiger partial charge in [-0.25, -0.2) is 0 Å². The number of carbonyl (C=O) groups excluding carboxylic acids is 2. The molecule has 2 aromatic carbocycles. The Morgan fingerprint density at radius 3 is 2.29 bits per heavy atom. The SMILES string of the molecule is CCOC(=O)CC1c2cc(-c3ccc(OC)c(C(F)(F)F)c3)ccc2OC(=N)C1C(=O)OCC. The van der Waals surface area contributed by atoms with Crippen molar-refractivity contribution in [2.45, 2.75) is 32.4 Å². The van der Waals surface area contributed by atoms with Crippen LogP contribution in [-0.2, 0) is 25.2 Å². The molecule has 1 aliphatic heterocycles. The quantitative estimate of drug-likeness (QED) is 0.564. The summed E-state index contributed by atoms with van der Waals surface area (Å²) in [5, 5.41) is 8.21. The van der Waals surface area contributed by atoms with Crippen molar-refractivity contribution in [2.24, 2.45) is 5.92 Å². The molecular weight excluding hydrogens is 455 g/mol. The Bertz CT molecular complexity index is 1100. The van der Waals surface area contributed by atoms with Crippen molar-refractivity contribution in [1.29, 1.82) is 5.41 Å². The lowest BCUT2D eigenvalue weighted by Gasteiger charge is -2.32. The van der Waals surface area contributed by atoms with Crippen LogP contribution >= 0.6 is 0 Å². The van der Waals surface area contributed by atoms with E-state index in [0.29, 0.717) is 11.1 Å². The van der Waals surface area contributed by atoms with Crippen molar-refractivity contribution in [3.8, 4) is 22.6 Å². The number of methoxy groups -OCH3 is 1. The van der Waals surface area contributed by atoms with Gasteiger partial charge >= 0.3 is 18.1 Å². The number of benzene rings is 2. The van der Waals surface area contributed by atoms with Crippen LogP contribution in [0.2, 0.25) is 0 Å². The zero-order chi connectivity index (χ0) is 25.0. The van der Waals surface area contributed by atoms with Crippen LogP contribution < -0.4 is 9.47 Å². The molecule has 0 spiro atoms. The molecule has 3 rings (SSSR count). The molecule has 2 unspecified atom stereocenters. The number of hydrogen-bond donors (Lipinski definition) is 1. The van der Waals surface area contributed by atoms with Crippen LogP contribution in [0.4, 0.5) is 13.2 Å². The molecule has 0 radical (unpaired) electrons. The summed E-state index contributed by atoms with van der Waals surface area (Å²) in [6.45, 7) is 3.44. The van der Waals surface area contributed by atoms with Gasteiger partial charge in [-0.3, -0.25) is 15.0 Å². The average Bonchev–Trinajstić information content (AvgIpc) is 2.78. The van der Waals surface area contributed by atoms with E-state index >= 15 is 0 Å². The molecule has 1 aliphatic rings. The highest BCUT2D eigenvalue weighted by atomic mass is 19.4. The molecule has 0 saturated heterocycles. The number of carbonyl (C=O) groups is 2. The molecule has 2 aromatic rings. The van der Waals surface area contributed by atoms with Gasteiger partial charge in [0.25, 0.3) is 0 Å². The lowest BCUT2D eigenvalue weighted by atomic mass is 9.80. The largest absolute Gasteiger partial charge is 0.496 e. The van der Waals surface area contributed by atoms with Crippen LogP contribution in [0.1, 0.15) is 37.3 Å². The van der Waals surface area contributed by atoms with Gasteiger partial charge in [0, 0.05) is 11.5 Å². The van der Waals surface area contributed by atoms with Crippen molar-refractivity contribution in [3.63, 3.8) is 0 Å². The average molecular weight is 479 g/mol. The van der Waals surface area contributed by atoms with Gasteiger partial charge in [0.05, 0.1) is 32.3 Å². The second-order valence-corrected chi connectivity index (χ2v) is 7.48. The zero-order valence-electron chi connectivity index (χ0n) is 18.8. The first-order valence-electron chi connectivity index (χ1n) is 10.6. The number of esters is 2. The van der Waals surface area contributed by atoms with E-state index in [0.717, 1.165) is 13.2 Å². The van der Waals surface area contributed by atoms with Crippen molar-refractivity contribution in [1.82, 2.24) is 0 Å². The first-order valence-corrected chi connectivity index (χ1v) is 10.6. The molecule has 182 valence electrons. The molecule has 0 fully saturated rings. The summed E-state index contributed by atoms with van der Waals surface area (Å²) in [4.78, 5) is 24.9. The Balaban J connectivity index is 2.11. The maximum atomic E-state index is 13.5. The number of nitrogens with one attached hydrogen (secondary N) is 1. The zero-order valence-corrected chi connectivity index (χ0v) is 18.8. The molecule has 1 heterocycles. The minimum Gasteiger partial charge on any atom is -0.496 e. The first kappa shape index (κ1) is 25.1. The third-order valence-electron chi connectivity index (χ3n) is 5.38. The molecule has 1 N–H and O–H groups in total. The van der Waals surface area contributed by atoms with Gasteiger partial charge in [-0.2, -0.15) is 13.2 Å². The molecular formula is C24H24F3NO6. The number of ether oxygens (including phenoxy) is 4. The normalized spacial score (nSPS) is 17.4. The number of rotatable bonds is 7. The van der Waals surface area contributed by atoms with E-state index in [4.69, 9.17) is 24.4 Å². The van der Waals surface area contributed by atoms with Gasteiger partial charge in [-0.15, -0.1) is 0 Å². The van der Waals surface area contributed by atoms with Gasteiger partial charge in [0.15, 0.2) is 0 Å². The lowest BCUT2D eigenvalue weighted by Crippen LogP contribution is -2.39. The number of fused-ring (bicyclic) bond motifs is 1. The number of alkyl halides is 3. The number of halogens is 3. The monoisotopic (exact) mass is 479 g/mol. The molecule has 0 saturated carbocycles. The van der Waals surface area contributed by atoms with Crippen LogP contribution in [0.25, 0.3) is 11.1 Å². The second kappa shape index (κ2) is 10.1. The van der Waals surface area contributed by atoms with E-state index in [9.17, 15) is 22.8 Å². The predicted octanol–water partition coefficient (Wildman–Crippen LogP) is 4.97. The fraction of sp³-hybridized carbons (Fsp3) is 0.375. The number of hydrogen-bond acceptors (Lipinski definition) is 7. The van der Waals surface area contributed by atoms with Gasteiger partial charge in [0.1, 0.15) is 17.4 Å². The van der Waals surface area contributed by atoms with E-state index in [1.165, 1.54) is 18.2 Å². The van der Waals surface area contributed by atoms with Gasteiger partial charge in [-0.05, 0) is 49.2 Å². The second-order valence-electron chi connectivity index (χ2n) is 7.48. The van der Waals surface area contributed by atoms with E-state index < -0.39 is 35.5 Å². The molecule has 0 aliphatic carbocycles. The highest BCUT2D eigenvalue weighted by Crippen LogP contribution is 2.44. The fourth-order valence-corrected chi connectivity index (χ4v) is 3.89. The highest BCUT2D eigenvalue weighted by Gasteiger charge is 2.43. The maximum Gasteiger partial charge on any atom is 0.419 e. The predicted molar refractivity (Wildman–Crippen MR) is 116 cm³/mol. The van der Waals surface area contributed by atoms with Crippen molar-refractivity contribution >= 4 is 17.8 Å². The van der Waals surface area contributed by atoms with Crippen LogP contribution in [0, 0.1) is 11.3 Å². The summed E-state index contributed by atoms with van der Waals surface area (Å²) >= 11 is 0. The van der Waals surface area contributed by atoms with Crippen LogP contribution in [-0.4, -0.2) is 38.2 Å². The van der Waals surface area contributed by atoms with E-state index in [1.54, 1.807) is 26.0 Å². The standard InChI is InChI=1S/C24H24F3NO6/c1-4-32-20(29)12-16-15-10-13(14-7-9-19(31-3)17(11-14)24(25,26)27)6-8-18(15)34-22(28)21(16)23(30)33-5-2/h6-11,16,21,28H,4-5,12H2,1-3H3. The Labute approximate surface area is 194 Å². The summed E-state index contributed by atoms with van der Waals surface area (Å²) < 4.78 is 61.0. The van der Waals surface area contributed by atoms with Crippen LogP contribution in [0.15, 0.2) is 36.4 Å².